The van der Waals surface area contributed by atoms with Crippen LogP contribution in [0.1, 0.15) is 36.9 Å². The molecule has 9 heteroatoms. The van der Waals surface area contributed by atoms with Gasteiger partial charge in [0.15, 0.2) is 11.5 Å². The first-order chi connectivity index (χ1) is 16.7. The first-order valence-electron chi connectivity index (χ1n) is 11.4. The molecule has 1 saturated heterocycles. The van der Waals surface area contributed by atoms with E-state index >= 15 is 0 Å². The summed E-state index contributed by atoms with van der Waals surface area (Å²) in [6.45, 7) is 3.38. The molecule has 1 atom stereocenters. The van der Waals surface area contributed by atoms with E-state index in [1.54, 1.807) is 36.4 Å². The Bertz CT molecular complexity index is 1130. The van der Waals surface area contributed by atoms with E-state index in [4.69, 9.17) is 9.47 Å². The molecule has 0 aromatic heterocycles. The highest BCUT2D eigenvalue weighted by molar-refractivity contribution is 9.10. The van der Waals surface area contributed by atoms with E-state index in [0.29, 0.717) is 34.5 Å². The monoisotopic (exact) mass is 546 g/mol. The molecule has 1 aliphatic rings. The molecule has 2 N–H and O–H groups in total. The first kappa shape index (κ1) is 26.6. The van der Waals surface area contributed by atoms with Crippen LogP contribution < -0.4 is 9.47 Å². The number of likely N-dealkylation sites (tertiary alicyclic amines) is 1. The van der Waals surface area contributed by atoms with Crippen molar-refractivity contribution in [2.45, 2.75) is 25.8 Å². The number of halogens is 1. The van der Waals surface area contributed by atoms with Gasteiger partial charge in [-0.1, -0.05) is 25.5 Å². The quantitative estimate of drug-likeness (QED) is 0.198. The summed E-state index contributed by atoms with van der Waals surface area (Å²) in [6, 6.07) is 9.15. The lowest BCUT2D eigenvalue weighted by molar-refractivity contribution is -0.140. The lowest BCUT2D eigenvalue weighted by Gasteiger charge is -2.27. The fraction of sp³-hybridized carbons (Fsp3) is 0.385. The highest BCUT2D eigenvalue weighted by Crippen LogP contribution is 2.44. The summed E-state index contributed by atoms with van der Waals surface area (Å²) >= 11 is 3.32. The number of aromatic hydroxyl groups is 1. The summed E-state index contributed by atoms with van der Waals surface area (Å²) < 4.78 is 11.4. The van der Waals surface area contributed by atoms with Gasteiger partial charge in [-0.3, -0.25) is 9.59 Å². The fourth-order valence-electron chi connectivity index (χ4n) is 3.90. The molecule has 0 bridgehead atoms. The lowest BCUT2D eigenvalue weighted by atomic mass is 9.95. The van der Waals surface area contributed by atoms with E-state index in [2.05, 4.69) is 22.9 Å². The maximum absolute atomic E-state index is 13.2. The maximum Gasteiger partial charge on any atom is 0.295 e. The number of carbonyl (C=O) groups is 2. The van der Waals surface area contributed by atoms with Crippen molar-refractivity contribution in [1.82, 2.24) is 9.80 Å². The lowest BCUT2D eigenvalue weighted by Crippen LogP contribution is -2.35. The van der Waals surface area contributed by atoms with Gasteiger partial charge in [-0.05, 0) is 66.3 Å². The number of phenolic OH excluding ortho intramolecular Hbond substituents is 1. The van der Waals surface area contributed by atoms with Crippen molar-refractivity contribution in [2.75, 3.05) is 40.9 Å². The number of unbranched alkanes of at least 4 members (excludes halogenated alkanes) is 1. The Labute approximate surface area is 213 Å². The number of amides is 1. The normalized spacial score (nSPS) is 17.3. The van der Waals surface area contributed by atoms with Crippen LogP contribution in [0.4, 0.5) is 0 Å². The number of rotatable bonds is 10. The molecule has 1 amide bonds. The van der Waals surface area contributed by atoms with Gasteiger partial charge in [0.1, 0.15) is 11.5 Å². The van der Waals surface area contributed by atoms with E-state index in [1.165, 1.54) is 12.0 Å². The van der Waals surface area contributed by atoms with Crippen molar-refractivity contribution >= 4 is 33.4 Å². The number of phenols is 1. The first-order valence-corrected chi connectivity index (χ1v) is 12.2. The molecule has 1 fully saturated rings. The van der Waals surface area contributed by atoms with E-state index in [9.17, 15) is 19.8 Å². The minimum absolute atomic E-state index is 0.0286. The molecular formula is C26H31BrN2O6. The van der Waals surface area contributed by atoms with Crippen molar-refractivity contribution in [3.05, 3.63) is 57.6 Å². The van der Waals surface area contributed by atoms with Crippen LogP contribution >= 0.6 is 15.9 Å². The number of aliphatic hydroxyl groups is 1. The molecule has 2 aromatic carbocycles. The second kappa shape index (κ2) is 11.6. The van der Waals surface area contributed by atoms with Crippen LogP contribution in [0.3, 0.4) is 0 Å². The predicted molar refractivity (Wildman–Crippen MR) is 137 cm³/mol. The Morgan fingerprint density at radius 1 is 1.20 bits per heavy atom. The molecule has 1 heterocycles. The third kappa shape index (κ3) is 5.79. The van der Waals surface area contributed by atoms with Gasteiger partial charge in [-0.25, -0.2) is 0 Å². The molecule has 2 aromatic rings. The number of nitrogens with zero attached hydrogens (tertiary/aromatic N) is 2. The molecule has 3 rings (SSSR count). The molecule has 1 unspecified atom stereocenters. The number of carbonyl (C=O) groups excluding carboxylic acids is 2. The molecule has 0 radical (unpaired) electrons. The van der Waals surface area contributed by atoms with Gasteiger partial charge < -0.3 is 29.5 Å². The number of ether oxygens (including phenoxy) is 2. The molecule has 1 aliphatic heterocycles. The Hall–Kier alpha value is -3.04. The van der Waals surface area contributed by atoms with Crippen molar-refractivity contribution in [3.8, 4) is 17.2 Å². The Morgan fingerprint density at radius 3 is 2.60 bits per heavy atom. The molecule has 0 aliphatic carbocycles. The number of methoxy groups -OCH3 is 1. The van der Waals surface area contributed by atoms with Crippen LogP contribution in [-0.2, 0) is 9.59 Å². The van der Waals surface area contributed by atoms with Crippen LogP contribution in [0, 0.1) is 0 Å². The van der Waals surface area contributed by atoms with Gasteiger partial charge in [-0.15, -0.1) is 0 Å². The number of Topliss-reactive ketones (excluding diaryl/α,β-unsaturated/α-hetero) is 1. The van der Waals surface area contributed by atoms with Crippen molar-refractivity contribution < 1.29 is 29.3 Å². The smallest absolute Gasteiger partial charge is 0.295 e. The molecule has 35 heavy (non-hydrogen) atoms. The predicted octanol–water partition coefficient (Wildman–Crippen LogP) is 4.33. The van der Waals surface area contributed by atoms with E-state index in [1.807, 2.05) is 19.0 Å². The number of aliphatic hydroxyl groups excluding tert-OH is 1. The Kier molecular flexibility index (Phi) is 8.80. The summed E-state index contributed by atoms with van der Waals surface area (Å²) in [5, 5.41) is 21.6. The Balaban J connectivity index is 2.14. The van der Waals surface area contributed by atoms with Crippen molar-refractivity contribution in [3.63, 3.8) is 0 Å². The maximum atomic E-state index is 13.2. The summed E-state index contributed by atoms with van der Waals surface area (Å²) in [5.74, 6) is -1.11. The van der Waals surface area contributed by atoms with Gasteiger partial charge in [-0.2, -0.15) is 0 Å². The van der Waals surface area contributed by atoms with Crippen molar-refractivity contribution in [1.29, 1.82) is 0 Å². The third-order valence-corrected chi connectivity index (χ3v) is 6.39. The summed E-state index contributed by atoms with van der Waals surface area (Å²) in [7, 11) is 5.16. The van der Waals surface area contributed by atoms with Gasteiger partial charge in [0.05, 0.1) is 29.8 Å². The fourth-order valence-corrected chi connectivity index (χ4v) is 4.35. The van der Waals surface area contributed by atoms with E-state index in [0.717, 1.165) is 12.8 Å². The second-order valence-electron chi connectivity index (χ2n) is 8.58. The van der Waals surface area contributed by atoms with Gasteiger partial charge in [0.2, 0.25) is 0 Å². The van der Waals surface area contributed by atoms with E-state index < -0.39 is 17.7 Å². The molecule has 188 valence electrons. The number of ketones is 1. The molecular weight excluding hydrogens is 516 g/mol. The SMILES string of the molecule is CCCCOc1cccc(/C(O)=C2\C(=O)C(=O)N(CCN(C)C)C2c2cc(Br)c(O)c(OC)c2)c1. The van der Waals surface area contributed by atoms with Crippen LogP contribution in [0.15, 0.2) is 46.4 Å². The van der Waals surface area contributed by atoms with Gasteiger partial charge in [0.25, 0.3) is 11.7 Å². The molecule has 0 spiro atoms. The minimum atomic E-state index is -0.870. The number of hydrogen-bond acceptors (Lipinski definition) is 7. The van der Waals surface area contributed by atoms with Crippen molar-refractivity contribution in [2.24, 2.45) is 0 Å². The van der Waals surface area contributed by atoms with E-state index in [-0.39, 0.29) is 29.4 Å². The van der Waals surface area contributed by atoms with Gasteiger partial charge >= 0.3 is 0 Å². The number of likely N-dealkylation sites (N-methyl/N-ethyl adjacent to an activating group) is 1. The zero-order valence-corrected chi connectivity index (χ0v) is 22.0. The van der Waals surface area contributed by atoms with Crippen LogP contribution in [-0.4, -0.2) is 72.6 Å². The average molecular weight is 547 g/mol. The summed E-state index contributed by atoms with van der Waals surface area (Å²) in [5.41, 5.74) is 0.861. The number of benzene rings is 2. The van der Waals surface area contributed by atoms with Crippen LogP contribution in [0.5, 0.6) is 17.2 Å². The highest BCUT2D eigenvalue weighted by atomic mass is 79.9. The Morgan fingerprint density at radius 2 is 1.94 bits per heavy atom. The van der Waals surface area contributed by atoms with Gasteiger partial charge in [0, 0.05) is 18.7 Å². The minimum Gasteiger partial charge on any atom is -0.507 e. The standard InChI is InChI=1S/C26H31BrN2O6/c1-5-6-12-35-18-9-7-8-16(13-18)23(30)21-22(17-14-19(27)24(31)20(15-17)34-4)29(11-10-28(2)3)26(33)25(21)32/h7-9,13-15,22,30-31H,5-6,10-12H2,1-4H3/b23-21+. The average Bonchev–Trinajstić information content (AvgIpc) is 3.09. The molecule has 8 nitrogen and oxygen atoms in total. The zero-order valence-electron chi connectivity index (χ0n) is 20.4. The van der Waals surface area contributed by atoms with Crippen LogP contribution in [0.2, 0.25) is 0 Å². The summed E-state index contributed by atoms with van der Waals surface area (Å²) in [6.07, 6.45) is 1.88. The van der Waals surface area contributed by atoms with Crippen LogP contribution in [0.25, 0.3) is 5.76 Å². The third-order valence-electron chi connectivity index (χ3n) is 5.79. The largest absolute Gasteiger partial charge is 0.507 e. The second-order valence-corrected chi connectivity index (χ2v) is 9.43. The summed E-state index contributed by atoms with van der Waals surface area (Å²) in [4.78, 5) is 29.6. The molecule has 0 saturated carbocycles. The number of hydrogen-bond donors (Lipinski definition) is 2. The topological polar surface area (TPSA) is 99.5 Å². The zero-order chi connectivity index (χ0) is 25.7. The highest BCUT2D eigenvalue weighted by Gasteiger charge is 2.46.